The number of rotatable bonds is 0. The maximum atomic E-state index is 12.1. The molecule has 42 valence electrons. The van der Waals surface area contributed by atoms with Gasteiger partial charge in [-0.15, -0.1) is 0 Å². The molecular weight excluding hydrogens is 170 g/mol. The smallest absolute Gasteiger partial charge is 0.124 e. The summed E-state index contributed by atoms with van der Waals surface area (Å²) in [5.41, 5.74) is 0. The predicted molar refractivity (Wildman–Crippen MR) is 34.1 cm³/mol. The van der Waals surface area contributed by atoms with Gasteiger partial charge in [-0.2, -0.15) is 0 Å². The average Bonchev–Trinajstić information content (AvgIpc) is 1.64. The summed E-state index contributed by atoms with van der Waals surface area (Å²) in [6.45, 7) is 0. The fraction of sp³-hybridized carbons (Fsp3) is 0. The van der Waals surface area contributed by atoms with Crippen molar-refractivity contribution < 1.29 is 4.39 Å². The van der Waals surface area contributed by atoms with Crippen molar-refractivity contribution in [3.63, 3.8) is 0 Å². The first-order valence-electron chi connectivity index (χ1n) is 2.20. The minimum atomic E-state index is -0.209. The van der Waals surface area contributed by atoms with Crippen LogP contribution < -0.4 is 0 Å². The SMILES string of the molecule is [18F]c1cccc(Br)c1. The van der Waals surface area contributed by atoms with Crippen LogP contribution in [-0.4, -0.2) is 0 Å². The zero-order valence-electron chi connectivity index (χ0n) is 4.07. The molecule has 0 fully saturated rings. The Morgan fingerprint density at radius 3 is 2.50 bits per heavy atom. The van der Waals surface area contributed by atoms with E-state index in [9.17, 15) is 4.39 Å². The molecule has 0 aliphatic carbocycles. The van der Waals surface area contributed by atoms with E-state index in [1.54, 1.807) is 12.1 Å². The Bertz CT molecular complexity index is 168. The van der Waals surface area contributed by atoms with Crippen LogP contribution in [0.4, 0.5) is 4.39 Å². The minimum absolute atomic E-state index is 0.209. The van der Waals surface area contributed by atoms with Crippen LogP contribution in [0.15, 0.2) is 28.7 Å². The van der Waals surface area contributed by atoms with Crippen LogP contribution in [0.25, 0.3) is 0 Å². The molecule has 0 N–H and O–H groups in total. The largest absolute Gasteiger partial charge is 0.207 e. The summed E-state index contributed by atoms with van der Waals surface area (Å²) in [7, 11) is 0. The van der Waals surface area contributed by atoms with E-state index in [0.29, 0.717) is 0 Å². The molecule has 0 nitrogen and oxygen atoms in total. The summed E-state index contributed by atoms with van der Waals surface area (Å²) >= 11 is 3.12. The van der Waals surface area contributed by atoms with Crippen LogP contribution in [0.5, 0.6) is 0 Å². The maximum absolute atomic E-state index is 12.1. The van der Waals surface area contributed by atoms with Crippen molar-refractivity contribution >= 4 is 15.9 Å². The number of halogens is 2. The van der Waals surface area contributed by atoms with Gasteiger partial charge in [0.05, 0.1) is 0 Å². The van der Waals surface area contributed by atoms with E-state index in [0.717, 1.165) is 4.47 Å². The normalized spacial score (nSPS) is 9.25. The van der Waals surface area contributed by atoms with Gasteiger partial charge in [0.25, 0.3) is 0 Å². The molecule has 0 spiro atoms. The van der Waals surface area contributed by atoms with E-state index in [1.165, 1.54) is 12.1 Å². The quantitative estimate of drug-likeness (QED) is 0.566. The third-order valence-electron chi connectivity index (χ3n) is 0.787. The van der Waals surface area contributed by atoms with E-state index in [1.807, 2.05) is 0 Å². The molecule has 0 aromatic heterocycles. The molecule has 0 saturated carbocycles. The first kappa shape index (κ1) is 5.76. The van der Waals surface area contributed by atoms with Gasteiger partial charge in [0, 0.05) is 4.47 Å². The Kier molecular flexibility index (Phi) is 1.63. The molecule has 0 saturated heterocycles. The van der Waals surface area contributed by atoms with Gasteiger partial charge in [-0.3, -0.25) is 0 Å². The molecule has 0 unspecified atom stereocenters. The molecule has 0 bridgehead atoms. The van der Waals surface area contributed by atoms with Crippen LogP contribution in [0.1, 0.15) is 0 Å². The summed E-state index contributed by atoms with van der Waals surface area (Å²) in [5, 5.41) is 0. The molecule has 1 rings (SSSR count). The van der Waals surface area contributed by atoms with Crippen LogP contribution in [0.2, 0.25) is 0 Å². The van der Waals surface area contributed by atoms with Gasteiger partial charge in [-0.25, -0.2) is 4.39 Å². The van der Waals surface area contributed by atoms with Gasteiger partial charge in [-0.05, 0) is 18.2 Å². The lowest BCUT2D eigenvalue weighted by atomic mass is 10.4. The Labute approximate surface area is 55.5 Å². The molecule has 0 amide bonds. The average molecular weight is 174 g/mol. The first-order chi connectivity index (χ1) is 3.79. The first-order valence-corrected chi connectivity index (χ1v) is 2.99. The van der Waals surface area contributed by atoms with Gasteiger partial charge in [0.15, 0.2) is 0 Å². The van der Waals surface area contributed by atoms with Crippen molar-refractivity contribution in [3.8, 4) is 0 Å². The molecule has 1 aromatic carbocycles. The Balaban J connectivity index is 3.08. The topological polar surface area (TPSA) is 0 Å². The van der Waals surface area contributed by atoms with Crippen molar-refractivity contribution in [2.75, 3.05) is 0 Å². The lowest BCUT2D eigenvalue weighted by molar-refractivity contribution is 0.627. The van der Waals surface area contributed by atoms with E-state index >= 15 is 0 Å². The van der Waals surface area contributed by atoms with Gasteiger partial charge < -0.3 is 0 Å². The van der Waals surface area contributed by atoms with Crippen molar-refractivity contribution in [1.29, 1.82) is 0 Å². The van der Waals surface area contributed by atoms with Crippen LogP contribution in [0.3, 0.4) is 0 Å². The van der Waals surface area contributed by atoms with Crippen molar-refractivity contribution in [2.24, 2.45) is 0 Å². The van der Waals surface area contributed by atoms with Crippen LogP contribution >= 0.6 is 15.9 Å². The highest BCUT2D eigenvalue weighted by atomic mass is 79.9. The minimum Gasteiger partial charge on any atom is -0.207 e. The molecule has 1 aromatic rings. The fourth-order valence-corrected chi connectivity index (χ4v) is 0.831. The third-order valence-corrected chi connectivity index (χ3v) is 1.28. The maximum Gasteiger partial charge on any atom is 0.124 e. The second kappa shape index (κ2) is 2.27. The van der Waals surface area contributed by atoms with Crippen molar-refractivity contribution in [1.82, 2.24) is 0 Å². The van der Waals surface area contributed by atoms with Crippen LogP contribution in [0, 0.1) is 5.82 Å². The van der Waals surface area contributed by atoms with Crippen molar-refractivity contribution in [2.45, 2.75) is 0 Å². The predicted octanol–water partition coefficient (Wildman–Crippen LogP) is 2.59. The van der Waals surface area contributed by atoms with E-state index in [-0.39, 0.29) is 5.82 Å². The number of benzene rings is 1. The van der Waals surface area contributed by atoms with Gasteiger partial charge in [-0.1, -0.05) is 22.0 Å². The zero-order chi connectivity index (χ0) is 5.98. The van der Waals surface area contributed by atoms with Gasteiger partial charge >= 0.3 is 0 Å². The summed E-state index contributed by atoms with van der Waals surface area (Å²) in [4.78, 5) is 0. The Morgan fingerprint density at radius 1 is 1.38 bits per heavy atom. The lowest BCUT2D eigenvalue weighted by Crippen LogP contribution is -1.68. The van der Waals surface area contributed by atoms with Gasteiger partial charge in [0.2, 0.25) is 0 Å². The molecule has 2 heteroatoms. The molecule has 0 aliphatic heterocycles. The summed E-state index contributed by atoms with van der Waals surface area (Å²) in [6, 6.07) is 6.26. The Morgan fingerprint density at radius 2 is 2.12 bits per heavy atom. The highest BCUT2D eigenvalue weighted by molar-refractivity contribution is 9.10. The molecular formula is C6H4BrF. The number of hydrogen-bond acceptors (Lipinski definition) is 0. The number of hydrogen-bond donors (Lipinski definition) is 0. The zero-order valence-corrected chi connectivity index (χ0v) is 5.65. The monoisotopic (exact) mass is 173 g/mol. The van der Waals surface area contributed by atoms with E-state index in [4.69, 9.17) is 0 Å². The second-order valence-electron chi connectivity index (χ2n) is 1.44. The highest BCUT2D eigenvalue weighted by Crippen LogP contribution is 2.09. The second-order valence-corrected chi connectivity index (χ2v) is 2.36. The summed E-state index contributed by atoms with van der Waals surface area (Å²) in [5.74, 6) is -0.209. The van der Waals surface area contributed by atoms with Gasteiger partial charge in [0.1, 0.15) is 5.82 Å². The van der Waals surface area contributed by atoms with E-state index in [2.05, 4.69) is 15.9 Å². The highest BCUT2D eigenvalue weighted by Gasteiger charge is 1.86. The molecule has 0 heterocycles. The molecule has 0 aliphatic rings. The standard InChI is InChI=1S/C6H4BrF/c7-5-2-1-3-6(8)4-5/h1-4H/i8-1. The summed E-state index contributed by atoms with van der Waals surface area (Å²) < 4.78 is 12.9. The van der Waals surface area contributed by atoms with Crippen molar-refractivity contribution in [3.05, 3.63) is 34.6 Å². The fourth-order valence-electron chi connectivity index (χ4n) is 0.460. The van der Waals surface area contributed by atoms with Crippen LogP contribution in [-0.2, 0) is 0 Å². The third kappa shape index (κ3) is 1.30. The Hall–Kier alpha value is -0.370. The summed E-state index contributed by atoms with van der Waals surface area (Å²) in [6.07, 6.45) is 0. The lowest BCUT2D eigenvalue weighted by Gasteiger charge is -1.85. The molecule has 0 radical (unpaired) electrons. The molecule has 0 atom stereocenters. The molecule has 8 heavy (non-hydrogen) atoms. The van der Waals surface area contributed by atoms with E-state index < -0.39 is 0 Å².